The second kappa shape index (κ2) is 6.04. The zero-order valence-electron chi connectivity index (χ0n) is 13.2. The van der Waals surface area contributed by atoms with E-state index < -0.39 is 0 Å². The number of rotatable bonds is 4. The third-order valence-corrected chi connectivity index (χ3v) is 3.02. The monoisotopic (exact) mass is 273 g/mol. The summed E-state index contributed by atoms with van der Waals surface area (Å²) in [4.78, 5) is 25.7. The van der Waals surface area contributed by atoms with E-state index in [9.17, 15) is 9.59 Å². The van der Waals surface area contributed by atoms with Crippen LogP contribution >= 0.6 is 0 Å². The second-order valence-corrected chi connectivity index (χ2v) is 6.22. The summed E-state index contributed by atoms with van der Waals surface area (Å²) in [6, 6.07) is 7.46. The van der Waals surface area contributed by atoms with Gasteiger partial charge in [0, 0.05) is 25.9 Å². The lowest BCUT2D eigenvalue weighted by Gasteiger charge is -2.19. The Kier molecular flexibility index (Phi) is 4.88. The molecule has 1 rings (SSSR count). The Bertz CT molecular complexity index is 531. The number of hydrogen-bond acceptors (Lipinski definition) is 3. The van der Waals surface area contributed by atoms with Gasteiger partial charge in [0.25, 0.3) is 0 Å². The average molecular weight is 273 g/mol. The molecule has 0 heterocycles. The van der Waals surface area contributed by atoms with Crippen LogP contribution in [0.5, 0.6) is 0 Å². The topological polar surface area (TPSA) is 37.4 Å². The molecule has 0 aliphatic rings. The number of ketones is 2. The summed E-state index contributed by atoms with van der Waals surface area (Å²) in [7, 11) is 3.58. The van der Waals surface area contributed by atoms with Gasteiger partial charge in [0.15, 0.2) is 11.6 Å². The van der Waals surface area contributed by atoms with E-state index >= 15 is 0 Å². The molecule has 1 aromatic carbocycles. The van der Waals surface area contributed by atoms with Crippen LogP contribution in [0.1, 0.15) is 43.6 Å². The molecule has 0 aliphatic carbocycles. The van der Waals surface area contributed by atoms with Crippen molar-refractivity contribution in [2.45, 2.75) is 33.1 Å². The van der Waals surface area contributed by atoms with Gasteiger partial charge in [-0.1, -0.05) is 45.0 Å². The summed E-state index contributed by atoms with van der Waals surface area (Å²) in [5, 5.41) is 0. The van der Waals surface area contributed by atoms with Crippen LogP contribution in [-0.2, 0) is 10.2 Å². The van der Waals surface area contributed by atoms with Gasteiger partial charge < -0.3 is 4.90 Å². The fourth-order valence-electron chi connectivity index (χ4n) is 1.84. The molecule has 0 unspecified atom stereocenters. The van der Waals surface area contributed by atoms with Crippen LogP contribution in [0.15, 0.2) is 36.0 Å². The second-order valence-electron chi connectivity index (χ2n) is 6.22. The van der Waals surface area contributed by atoms with E-state index in [1.807, 2.05) is 12.1 Å². The quantitative estimate of drug-likeness (QED) is 0.366. The van der Waals surface area contributed by atoms with E-state index in [1.165, 1.54) is 6.92 Å². The van der Waals surface area contributed by atoms with Crippen molar-refractivity contribution in [2.75, 3.05) is 14.1 Å². The molecule has 3 nitrogen and oxygen atoms in total. The molecule has 0 N–H and O–H groups in total. The van der Waals surface area contributed by atoms with Gasteiger partial charge in [-0.25, -0.2) is 0 Å². The first-order valence-electron chi connectivity index (χ1n) is 6.67. The molecule has 0 atom stereocenters. The first-order chi connectivity index (χ1) is 9.12. The molecule has 0 spiro atoms. The molecule has 3 heteroatoms. The van der Waals surface area contributed by atoms with E-state index in [4.69, 9.17) is 0 Å². The first kappa shape index (κ1) is 16.2. The zero-order valence-corrected chi connectivity index (χ0v) is 13.2. The lowest BCUT2D eigenvalue weighted by Crippen LogP contribution is -2.16. The molecule has 0 aromatic heterocycles. The van der Waals surface area contributed by atoms with E-state index in [2.05, 4.69) is 20.8 Å². The summed E-state index contributed by atoms with van der Waals surface area (Å²) in [5.41, 5.74) is 1.96. The molecule has 0 saturated carbocycles. The third-order valence-electron chi connectivity index (χ3n) is 3.02. The summed E-state index contributed by atoms with van der Waals surface area (Å²) >= 11 is 0. The standard InChI is InChI=1S/C17H23NO2/c1-12(19)15(11-18(5)6)16(20)13-7-9-14(10-8-13)17(2,3)4/h7-11H,1-6H3. The van der Waals surface area contributed by atoms with Crippen LogP contribution in [0.3, 0.4) is 0 Å². The van der Waals surface area contributed by atoms with Crippen molar-refractivity contribution in [1.29, 1.82) is 0 Å². The first-order valence-corrected chi connectivity index (χ1v) is 6.67. The maximum absolute atomic E-state index is 12.4. The lowest BCUT2D eigenvalue weighted by atomic mass is 9.86. The van der Waals surface area contributed by atoms with Gasteiger partial charge >= 0.3 is 0 Å². The third kappa shape index (κ3) is 4.05. The van der Waals surface area contributed by atoms with Crippen molar-refractivity contribution >= 4 is 11.6 Å². The van der Waals surface area contributed by atoms with Crippen molar-refractivity contribution < 1.29 is 9.59 Å². The van der Waals surface area contributed by atoms with Crippen LogP contribution < -0.4 is 0 Å². The minimum atomic E-state index is -0.230. The van der Waals surface area contributed by atoms with E-state index in [0.717, 1.165) is 5.56 Å². The molecular formula is C17H23NO2. The van der Waals surface area contributed by atoms with Crippen molar-refractivity contribution in [2.24, 2.45) is 0 Å². The highest BCUT2D eigenvalue weighted by Gasteiger charge is 2.18. The van der Waals surface area contributed by atoms with Crippen molar-refractivity contribution in [3.05, 3.63) is 47.2 Å². The van der Waals surface area contributed by atoms with Crippen molar-refractivity contribution in [1.82, 2.24) is 4.90 Å². The summed E-state index contributed by atoms with van der Waals surface area (Å²) in [6.45, 7) is 7.78. The number of nitrogens with zero attached hydrogens (tertiary/aromatic N) is 1. The summed E-state index contributed by atoms with van der Waals surface area (Å²) in [5.74, 6) is -0.449. The predicted octanol–water partition coefficient (Wildman–Crippen LogP) is 3.20. The maximum atomic E-state index is 12.4. The predicted molar refractivity (Wildman–Crippen MR) is 81.9 cm³/mol. The van der Waals surface area contributed by atoms with Gasteiger partial charge in [-0.3, -0.25) is 9.59 Å². The normalized spacial score (nSPS) is 12.2. The SMILES string of the molecule is CC(=O)C(=CN(C)C)C(=O)c1ccc(C(C)(C)C)cc1. The molecule has 1 aromatic rings. The highest BCUT2D eigenvalue weighted by Crippen LogP contribution is 2.23. The number of Topliss-reactive ketones (excluding diaryl/α,β-unsaturated/α-hetero) is 2. The lowest BCUT2D eigenvalue weighted by molar-refractivity contribution is -0.113. The number of carbonyl (C=O) groups excluding carboxylic acids is 2. The highest BCUT2D eigenvalue weighted by molar-refractivity contribution is 6.25. The van der Waals surface area contributed by atoms with E-state index in [1.54, 1.807) is 37.3 Å². The van der Waals surface area contributed by atoms with Crippen LogP contribution in [0, 0.1) is 0 Å². The smallest absolute Gasteiger partial charge is 0.198 e. The molecule has 0 fully saturated rings. The largest absolute Gasteiger partial charge is 0.383 e. The maximum Gasteiger partial charge on any atom is 0.198 e. The minimum Gasteiger partial charge on any atom is -0.383 e. The summed E-state index contributed by atoms with van der Waals surface area (Å²) in [6.07, 6.45) is 1.57. The molecule has 0 saturated heterocycles. The molecular weight excluding hydrogens is 250 g/mol. The van der Waals surface area contributed by atoms with Gasteiger partial charge in [0.05, 0.1) is 5.57 Å². The number of hydrogen-bond donors (Lipinski definition) is 0. The van der Waals surface area contributed by atoms with Crippen LogP contribution in [0.25, 0.3) is 0 Å². The van der Waals surface area contributed by atoms with E-state index in [0.29, 0.717) is 5.56 Å². The Balaban J connectivity index is 3.11. The molecule has 0 amide bonds. The summed E-state index contributed by atoms with van der Waals surface area (Å²) < 4.78 is 0. The van der Waals surface area contributed by atoms with Gasteiger partial charge in [-0.15, -0.1) is 0 Å². The Morgan fingerprint density at radius 2 is 1.55 bits per heavy atom. The number of benzene rings is 1. The van der Waals surface area contributed by atoms with E-state index in [-0.39, 0.29) is 22.6 Å². The fraction of sp³-hybridized carbons (Fsp3) is 0.412. The number of allylic oxidation sites excluding steroid dienone is 1. The Morgan fingerprint density at radius 3 is 1.90 bits per heavy atom. The zero-order chi connectivity index (χ0) is 15.5. The fourth-order valence-corrected chi connectivity index (χ4v) is 1.84. The average Bonchev–Trinajstić information content (AvgIpc) is 2.33. The Labute approximate surface area is 121 Å². The highest BCUT2D eigenvalue weighted by atomic mass is 16.1. The molecule has 20 heavy (non-hydrogen) atoms. The molecule has 0 radical (unpaired) electrons. The molecule has 0 aliphatic heterocycles. The molecule has 108 valence electrons. The van der Waals surface area contributed by atoms with Gasteiger partial charge in [-0.2, -0.15) is 0 Å². The number of carbonyl (C=O) groups is 2. The van der Waals surface area contributed by atoms with Gasteiger partial charge in [-0.05, 0) is 17.9 Å². The Morgan fingerprint density at radius 1 is 1.05 bits per heavy atom. The van der Waals surface area contributed by atoms with Crippen molar-refractivity contribution in [3.8, 4) is 0 Å². The van der Waals surface area contributed by atoms with Crippen LogP contribution in [0.4, 0.5) is 0 Å². The minimum absolute atomic E-state index is 0.0461. The molecule has 0 bridgehead atoms. The van der Waals surface area contributed by atoms with Gasteiger partial charge in [0.1, 0.15) is 0 Å². The van der Waals surface area contributed by atoms with Gasteiger partial charge in [0.2, 0.25) is 0 Å². The van der Waals surface area contributed by atoms with Crippen LogP contribution in [0.2, 0.25) is 0 Å². The van der Waals surface area contributed by atoms with Crippen molar-refractivity contribution in [3.63, 3.8) is 0 Å². The van der Waals surface area contributed by atoms with Crippen LogP contribution in [-0.4, -0.2) is 30.6 Å². The Hall–Kier alpha value is -1.90.